The van der Waals surface area contributed by atoms with Gasteiger partial charge in [0.1, 0.15) is 0 Å². The first kappa shape index (κ1) is 12.0. The Morgan fingerprint density at radius 1 is 1.70 bits per heavy atom. The van der Waals surface area contributed by atoms with Crippen molar-refractivity contribution in [1.29, 1.82) is 0 Å². The monoisotopic (exact) mass is 168 g/mol. The van der Waals surface area contributed by atoms with Crippen molar-refractivity contribution in [3.05, 3.63) is 0 Å². The van der Waals surface area contributed by atoms with E-state index in [9.17, 15) is 4.79 Å². The van der Waals surface area contributed by atoms with Gasteiger partial charge in [0.15, 0.2) is 0 Å². The third kappa shape index (κ3) is 26.9. The number of carbonyl (C=O) groups is 2. The number of ether oxygens (including phenoxy) is 2. The highest BCUT2D eigenvalue weighted by atomic mass is 35.5. The predicted molar refractivity (Wildman–Crippen MR) is 35.9 cm³/mol. The summed E-state index contributed by atoms with van der Waals surface area (Å²) in [7, 11) is 1.31. The van der Waals surface area contributed by atoms with E-state index >= 15 is 0 Å². The van der Waals surface area contributed by atoms with Crippen LogP contribution >= 0.6 is 11.6 Å². The molecule has 0 spiro atoms. The Balaban J connectivity index is 0. The molecule has 0 saturated heterocycles. The highest BCUT2D eigenvalue weighted by Gasteiger charge is 1.85. The summed E-state index contributed by atoms with van der Waals surface area (Å²) in [6.07, 6.45) is 0. The molecule has 0 saturated carbocycles. The summed E-state index contributed by atoms with van der Waals surface area (Å²) in [4.78, 5) is 18.5. The van der Waals surface area contributed by atoms with E-state index in [2.05, 4.69) is 9.47 Å². The molecule has 60 valence electrons. The minimum Gasteiger partial charge on any atom is -0.471 e. The second kappa shape index (κ2) is 11.1. The fourth-order valence-electron chi connectivity index (χ4n) is 0.113. The number of methoxy groups -OCH3 is 1. The maximum atomic E-state index is 9.59. The number of hydrogen-bond donors (Lipinski definition) is 0. The molecule has 0 aliphatic heterocycles. The lowest BCUT2D eigenvalue weighted by Crippen LogP contribution is -1.89. The van der Waals surface area contributed by atoms with Gasteiger partial charge in [-0.2, -0.15) is 0 Å². The zero-order valence-electron chi connectivity index (χ0n) is 5.80. The largest absolute Gasteiger partial charge is 0.471 e. The van der Waals surface area contributed by atoms with Gasteiger partial charge in [-0.25, -0.2) is 4.79 Å². The standard InChI is InChI=1S/C3H5ClO2.C2H4O2/c1-2-6-3(4)5;1-4-2-3/h2H2,1H3;2H,1H3. The second-order valence-corrected chi connectivity index (χ2v) is 1.31. The van der Waals surface area contributed by atoms with E-state index in [4.69, 9.17) is 16.4 Å². The van der Waals surface area contributed by atoms with E-state index in [0.29, 0.717) is 13.1 Å². The highest BCUT2D eigenvalue weighted by molar-refractivity contribution is 6.61. The van der Waals surface area contributed by atoms with Crippen LogP contribution in [0.25, 0.3) is 0 Å². The molecule has 0 aromatic rings. The zero-order chi connectivity index (χ0) is 8.41. The molecule has 0 rings (SSSR count). The minimum atomic E-state index is -0.738. The molecule has 0 amide bonds. The number of halogens is 1. The zero-order valence-corrected chi connectivity index (χ0v) is 6.55. The number of rotatable bonds is 2. The third-order valence-corrected chi connectivity index (χ3v) is 0.463. The summed E-state index contributed by atoms with van der Waals surface area (Å²) in [5, 5.41) is 0. The maximum Gasteiger partial charge on any atom is 0.403 e. The molecule has 0 aromatic heterocycles. The molecule has 0 unspecified atom stereocenters. The van der Waals surface area contributed by atoms with Crippen molar-refractivity contribution in [2.45, 2.75) is 6.92 Å². The summed E-state index contributed by atoms with van der Waals surface area (Å²) in [5.74, 6) is 0. The van der Waals surface area contributed by atoms with E-state index in [1.54, 1.807) is 6.92 Å². The molecule has 0 bridgehead atoms. The van der Waals surface area contributed by atoms with Crippen LogP contribution in [-0.4, -0.2) is 25.6 Å². The lowest BCUT2D eigenvalue weighted by atomic mass is 10.9. The van der Waals surface area contributed by atoms with Gasteiger partial charge >= 0.3 is 5.43 Å². The Hall–Kier alpha value is -0.770. The SMILES string of the molecule is CCOC(=O)Cl.COC=O. The molecule has 0 aromatic carbocycles. The van der Waals surface area contributed by atoms with Crippen molar-refractivity contribution in [1.82, 2.24) is 0 Å². The van der Waals surface area contributed by atoms with E-state index in [-0.39, 0.29) is 0 Å². The first-order valence-electron chi connectivity index (χ1n) is 2.47. The average Bonchev–Trinajstić information content (AvgIpc) is 1.89. The van der Waals surface area contributed by atoms with E-state index in [1.807, 2.05) is 0 Å². The smallest absolute Gasteiger partial charge is 0.403 e. The Labute approximate surface area is 64.1 Å². The summed E-state index contributed by atoms with van der Waals surface area (Å²) in [6, 6.07) is 0. The van der Waals surface area contributed by atoms with Gasteiger partial charge in [-0.15, -0.1) is 0 Å². The van der Waals surface area contributed by atoms with Crippen molar-refractivity contribution in [3.63, 3.8) is 0 Å². The van der Waals surface area contributed by atoms with Crippen molar-refractivity contribution in [2.75, 3.05) is 13.7 Å². The van der Waals surface area contributed by atoms with E-state index in [0.717, 1.165) is 0 Å². The van der Waals surface area contributed by atoms with Gasteiger partial charge in [-0.1, -0.05) is 0 Å². The van der Waals surface area contributed by atoms with Gasteiger partial charge in [0.25, 0.3) is 6.47 Å². The van der Waals surface area contributed by atoms with E-state index < -0.39 is 5.43 Å². The third-order valence-electron chi connectivity index (χ3n) is 0.354. The number of carbonyl (C=O) groups excluding carboxylic acids is 2. The first-order chi connectivity index (χ1) is 4.68. The molecule has 5 heteroatoms. The molecule has 0 atom stereocenters. The molecule has 0 heterocycles. The van der Waals surface area contributed by atoms with Gasteiger partial charge in [0.05, 0.1) is 13.7 Å². The Bertz CT molecular complexity index is 93.6. The van der Waals surface area contributed by atoms with Crippen molar-refractivity contribution < 1.29 is 19.1 Å². The van der Waals surface area contributed by atoms with E-state index in [1.165, 1.54) is 7.11 Å². The second-order valence-electron chi connectivity index (χ2n) is 1.00. The van der Waals surface area contributed by atoms with Gasteiger partial charge in [-0.3, -0.25) is 4.79 Å². The first-order valence-corrected chi connectivity index (χ1v) is 2.85. The number of hydrogen-bond acceptors (Lipinski definition) is 4. The van der Waals surface area contributed by atoms with Crippen LogP contribution in [0.15, 0.2) is 0 Å². The van der Waals surface area contributed by atoms with Crippen molar-refractivity contribution in [3.8, 4) is 0 Å². The topological polar surface area (TPSA) is 52.6 Å². The molecular weight excluding hydrogens is 160 g/mol. The molecule has 0 aliphatic rings. The van der Waals surface area contributed by atoms with Gasteiger partial charge < -0.3 is 9.47 Å². The van der Waals surface area contributed by atoms with Gasteiger partial charge in [-0.05, 0) is 6.92 Å². The Kier molecular flexibility index (Phi) is 13.3. The highest BCUT2D eigenvalue weighted by Crippen LogP contribution is 1.82. The summed E-state index contributed by atoms with van der Waals surface area (Å²) in [6.45, 7) is 2.42. The summed E-state index contributed by atoms with van der Waals surface area (Å²) in [5.41, 5.74) is -0.738. The van der Waals surface area contributed by atoms with Crippen LogP contribution in [0.4, 0.5) is 4.79 Å². The Morgan fingerprint density at radius 3 is 2.10 bits per heavy atom. The molecule has 0 fully saturated rings. The van der Waals surface area contributed by atoms with Crippen LogP contribution in [-0.2, 0) is 14.3 Å². The van der Waals surface area contributed by atoms with Crippen molar-refractivity contribution in [2.24, 2.45) is 0 Å². The van der Waals surface area contributed by atoms with Gasteiger partial charge in [0, 0.05) is 11.6 Å². The molecular formula is C5H9ClO4. The van der Waals surface area contributed by atoms with Crippen LogP contribution in [0.1, 0.15) is 6.92 Å². The molecule has 10 heavy (non-hydrogen) atoms. The fraction of sp³-hybridized carbons (Fsp3) is 0.600. The molecule has 4 nitrogen and oxygen atoms in total. The van der Waals surface area contributed by atoms with Crippen LogP contribution in [0, 0.1) is 0 Å². The lowest BCUT2D eigenvalue weighted by Gasteiger charge is -1.86. The van der Waals surface area contributed by atoms with Crippen LogP contribution in [0.3, 0.4) is 0 Å². The van der Waals surface area contributed by atoms with Crippen molar-refractivity contribution >= 4 is 23.5 Å². The maximum absolute atomic E-state index is 9.59. The minimum absolute atomic E-state index is 0.350. The predicted octanol–water partition coefficient (Wildman–Crippen LogP) is 1.17. The van der Waals surface area contributed by atoms with Crippen LogP contribution < -0.4 is 0 Å². The fourth-order valence-corrected chi connectivity index (χ4v) is 0.223. The van der Waals surface area contributed by atoms with Gasteiger partial charge in [0.2, 0.25) is 0 Å². The summed E-state index contributed by atoms with van der Waals surface area (Å²) < 4.78 is 8.03. The molecule has 0 radical (unpaired) electrons. The Morgan fingerprint density at radius 2 is 2.10 bits per heavy atom. The summed E-state index contributed by atoms with van der Waals surface area (Å²) >= 11 is 4.72. The molecule has 0 N–H and O–H groups in total. The van der Waals surface area contributed by atoms with Crippen LogP contribution in [0.5, 0.6) is 0 Å². The molecule has 0 aliphatic carbocycles. The average molecular weight is 169 g/mol. The van der Waals surface area contributed by atoms with Crippen LogP contribution in [0.2, 0.25) is 0 Å². The quantitative estimate of drug-likeness (QED) is 0.459. The normalized spacial score (nSPS) is 6.70. The lowest BCUT2D eigenvalue weighted by molar-refractivity contribution is -0.126.